The Morgan fingerprint density at radius 1 is 1.41 bits per heavy atom. The van der Waals surface area contributed by atoms with E-state index >= 15 is 0 Å². The molecule has 22 heavy (non-hydrogen) atoms. The Balaban J connectivity index is 1.78. The monoisotopic (exact) mass is 338 g/mol. The van der Waals surface area contributed by atoms with E-state index in [9.17, 15) is 9.90 Å². The average Bonchev–Trinajstić information content (AvgIpc) is 3.08. The molecule has 2 heterocycles. The first-order chi connectivity index (χ1) is 10.4. The lowest BCUT2D eigenvalue weighted by Crippen LogP contribution is -2.46. The smallest absolute Gasteiger partial charge is 0.315 e. The largest absolute Gasteiger partial charge is 0.383 e. The van der Waals surface area contributed by atoms with Gasteiger partial charge in [0, 0.05) is 27.1 Å². The number of nitrogens with one attached hydrogen (secondary N) is 2. The van der Waals surface area contributed by atoms with Gasteiger partial charge in [0.05, 0.1) is 6.54 Å². The number of amides is 2. The van der Waals surface area contributed by atoms with Crippen LogP contribution in [0.1, 0.15) is 28.5 Å². The highest BCUT2D eigenvalue weighted by Gasteiger charge is 2.25. The molecular formula is C16H22N2O2S2. The highest BCUT2D eigenvalue weighted by Crippen LogP contribution is 2.24. The quantitative estimate of drug-likeness (QED) is 0.757. The van der Waals surface area contributed by atoms with Crippen molar-refractivity contribution >= 4 is 28.7 Å². The molecule has 3 N–H and O–H groups in total. The molecule has 0 aliphatic heterocycles. The first kappa shape index (κ1) is 17.0. The van der Waals surface area contributed by atoms with Crippen LogP contribution >= 0.6 is 22.7 Å². The maximum absolute atomic E-state index is 11.9. The van der Waals surface area contributed by atoms with Crippen LogP contribution in [0.4, 0.5) is 4.79 Å². The van der Waals surface area contributed by atoms with Crippen LogP contribution in [0.3, 0.4) is 0 Å². The third-order valence-corrected chi connectivity index (χ3v) is 5.47. The number of carbonyl (C=O) groups excluding carboxylic acids is 1. The van der Waals surface area contributed by atoms with Gasteiger partial charge in [0.1, 0.15) is 5.60 Å². The zero-order valence-electron chi connectivity index (χ0n) is 13.1. The van der Waals surface area contributed by atoms with E-state index in [4.69, 9.17) is 0 Å². The molecule has 0 bridgehead atoms. The van der Waals surface area contributed by atoms with E-state index < -0.39 is 5.60 Å². The molecule has 2 amide bonds. The Morgan fingerprint density at radius 3 is 2.77 bits per heavy atom. The molecule has 4 nitrogen and oxygen atoms in total. The predicted octanol–water partition coefficient (Wildman–Crippen LogP) is 3.26. The zero-order chi connectivity index (χ0) is 16.2. The fourth-order valence-corrected chi connectivity index (χ4v) is 3.95. The van der Waals surface area contributed by atoms with E-state index in [1.807, 2.05) is 24.4 Å². The van der Waals surface area contributed by atoms with E-state index in [1.165, 1.54) is 21.1 Å². The number of hydrogen-bond acceptors (Lipinski definition) is 4. The van der Waals surface area contributed by atoms with E-state index in [2.05, 4.69) is 29.7 Å². The Hall–Kier alpha value is -1.37. The van der Waals surface area contributed by atoms with Crippen molar-refractivity contribution in [1.29, 1.82) is 0 Å². The van der Waals surface area contributed by atoms with Gasteiger partial charge in [0.2, 0.25) is 0 Å². The molecule has 6 heteroatoms. The Kier molecular flexibility index (Phi) is 5.61. The van der Waals surface area contributed by atoms with Crippen molar-refractivity contribution in [2.24, 2.45) is 0 Å². The molecule has 120 valence electrons. The molecule has 2 unspecified atom stereocenters. The number of urea groups is 1. The van der Waals surface area contributed by atoms with Crippen LogP contribution in [0.25, 0.3) is 0 Å². The fourth-order valence-electron chi connectivity index (χ4n) is 2.15. The lowest BCUT2D eigenvalue weighted by Gasteiger charge is -2.23. The van der Waals surface area contributed by atoms with E-state index in [-0.39, 0.29) is 18.6 Å². The van der Waals surface area contributed by atoms with Gasteiger partial charge in [-0.25, -0.2) is 4.79 Å². The molecular weight excluding hydrogens is 316 g/mol. The lowest BCUT2D eigenvalue weighted by molar-refractivity contribution is 0.0630. The van der Waals surface area contributed by atoms with Gasteiger partial charge in [-0.05, 0) is 44.4 Å². The summed E-state index contributed by atoms with van der Waals surface area (Å²) >= 11 is 3.23. The summed E-state index contributed by atoms with van der Waals surface area (Å²) in [6, 6.07) is 7.73. The summed E-state index contributed by atoms with van der Waals surface area (Å²) in [6.07, 6.45) is 0.813. The van der Waals surface area contributed by atoms with E-state index in [1.54, 1.807) is 18.3 Å². The van der Waals surface area contributed by atoms with Gasteiger partial charge in [-0.1, -0.05) is 6.07 Å². The maximum atomic E-state index is 11.9. The normalized spacial score (nSPS) is 15.1. The van der Waals surface area contributed by atoms with Crippen LogP contribution in [0, 0.1) is 6.92 Å². The van der Waals surface area contributed by atoms with Crippen molar-refractivity contribution in [3.8, 4) is 0 Å². The van der Waals surface area contributed by atoms with Crippen molar-refractivity contribution in [3.63, 3.8) is 0 Å². The summed E-state index contributed by atoms with van der Waals surface area (Å²) in [5.74, 6) is 0. The van der Waals surface area contributed by atoms with Gasteiger partial charge in [-0.2, -0.15) is 0 Å². The molecule has 0 aliphatic carbocycles. The molecule has 0 saturated carbocycles. The third-order valence-electron chi connectivity index (χ3n) is 3.33. The van der Waals surface area contributed by atoms with Gasteiger partial charge in [-0.15, -0.1) is 22.7 Å². The zero-order valence-corrected chi connectivity index (χ0v) is 14.7. The lowest BCUT2D eigenvalue weighted by atomic mass is 10.1. The number of thiophene rings is 2. The molecule has 0 fully saturated rings. The van der Waals surface area contributed by atoms with Crippen LogP contribution < -0.4 is 10.6 Å². The van der Waals surface area contributed by atoms with Gasteiger partial charge in [0.25, 0.3) is 0 Å². The second-order valence-corrected chi connectivity index (χ2v) is 8.02. The molecule has 0 spiro atoms. The third kappa shape index (κ3) is 4.83. The van der Waals surface area contributed by atoms with Crippen LogP contribution in [0.2, 0.25) is 0 Å². The van der Waals surface area contributed by atoms with Crippen molar-refractivity contribution in [2.45, 2.75) is 38.8 Å². The van der Waals surface area contributed by atoms with Gasteiger partial charge in [0.15, 0.2) is 0 Å². The van der Waals surface area contributed by atoms with E-state index in [0.717, 1.165) is 11.3 Å². The van der Waals surface area contributed by atoms with Crippen molar-refractivity contribution < 1.29 is 9.90 Å². The summed E-state index contributed by atoms with van der Waals surface area (Å²) in [7, 11) is 0. The van der Waals surface area contributed by atoms with Crippen LogP contribution in [-0.2, 0) is 12.0 Å². The van der Waals surface area contributed by atoms with Gasteiger partial charge < -0.3 is 15.7 Å². The second kappa shape index (κ2) is 7.26. The minimum Gasteiger partial charge on any atom is -0.383 e. The van der Waals surface area contributed by atoms with Crippen molar-refractivity contribution in [2.75, 3.05) is 6.54 Å². The fraction of sp³-hybridized carbons (Fsp3) is 0.438. The number of rotatable bonds is 6. The predicted molar refractivity (Wildman–Crippen MR) is 92.6 cm³/mol. The molecule has 2 aromatic heterocycles. The molecule has 0 radical (unpaired) electrons. The Morgan fingerprint density at radius 2 is 2.18 bits per heavy atom. The van der Waals surface area contributed by atoms with Crippen molar-refractivity contribution in [3.05, 3.63) is 44.3 Å². The Labute approximate surface area is 139 Å². The molecule has 2 atom stereocenters. The topological polar surface area (TPSA) is 61.4 Å². The van der Waals surface area contributed by atoms with Crippen LogP contribution in [-0.4, -0.2) is 23.7 Å². The first-order valence-corrected chi connectivity index (χ1v) is 8.92. The van der Waals surface area contributed by atoms with Gasteiger partial charge in [-0.3, -0.25) is 0 Å². The summed E-state index contributed by atoms with van der Waals surface area (Å²) in [5, 5.41) is 17.9. The summed E-state index contributed by atoms with van der Waals surface area (Å²) in [6.45, 7) is 5.94. The summed E-state index contributed by atoms with van der Waals surface area (Å²) < 4.78 is 0. The minimum atomic E-state index is -1.04. The molecule has 0 saturated heterocycles. The molecule has 2 aromatic rings. The SMILES string of the molecule is Cc1ccc(CC(C)NC(=O)NCC(C)(O)c2cccs2)s1. The summed E-state index contributed by atoms with van der Waals surface area (Å²) in [4.78, 5) is 15.3. The standard InChI is InChI=1S/C16H22N2O2S2/c1-11(9-13-7-6-12(2)22-13)18-15(19)17-10-16(3,20)14-5-4-8-21-14/h4-8,11,20H,9-10H2,1-3H3,(H2,17,18,19). The average molecular weight is 338 g/mol. The van der Waals surface area contributed by atoms with Crippen molar-refractivity contribution in [1.82, 2.24) is 10.6 Å². The van der Waals surface area contributed by atoms with Crippen LogP contribution in [0.5, 0.6) is 0 Å². The molecule has 2 rings (SSSR count). The molecule has 0 aliphatic rings. The first-order valence-electron chi connectivity index (χ1n) is 7.23. The van der Waals surface area contributed by atoms with E-state index in [0.29, 0.717) is 0 Å². The summed E-state index contributed by atoms with van der Waals surface area (Å²) in [5.41, 5.74) is -1.04. The number of aryl methyl sites for hydroxylation is 1. The number of aliphatic hydroxyl groups is 1. The Bertz CT molecular complexity index is 605. The number of hydrogen-bond donors (Lipinski definition) is 3. The highest BCUT2D eigenvalue weighted by molar-refractivity contribution is 7.11. The van der Waals surface area contributed by atoms with Crippen LogP contribution in [0.15, 0.2) is 29.6 Å². The van der Waals surface area contributed by atoms with Gasteiger partial charge >= 0.3 is 6.03 Å². The second-order valence-electron chi connectivity index (χ2n) is 5.70. The highest BCUT2D eigenvalue weighted by atomic mass is 32.1. The molecule has 0 aromatic carbocycles. The maximum Gasteiger partial charge on any atom is 0.315 e. The number of carbonyl (C=O) groups is 1. The minimum absolute atomic E-state index is 0.0461.